The molecule has 2 aromatic carbocycles. The van der Waals surface area contributed by atoms with Gasteiger partial charge in [0.25, 0.3) is 5.91 Å². The lowest BCUT2D eigenvalue weighted by Gasteiger charge is -2.73. The SMILES string of the molecule is CC12CC3CCC(C(NC(=O)c4ccc(Cl)cc4Cl)c4ccccc4)(C1)N32. The van der Waals surface area contributed by atoms with Crippen molar-refractivity contribution >= 4 is 29.1 Å². The third-order valence-corrected chi connectivity index (χ3v) is 7.37. The molecule has 0 saturated carbocycles. The molecule has 0 spiro atoms. The van der Waals surface area contributed by atoms with Crippen molar-refractivity contribution in [3.05, 3.63) is 69.7 Å². The zero-order chi connectivity index (χ0) is 18.8. The second kappa shape index (κ2) is 5.97. The molecule has 140 valence electrons. The quantitative estimate of drug-likeness (QED) is 0.761. The van der Waals surface area contributed by atoms with E-state index in [-0.39, 0.29) is 17.5 Å². The van der Waals surface area contributed by atoms with Crippen LogP contribution in [0.4, 0.5) is 0 Å². The van der Waals surface area contributed by atoms with Crippen molar-refractivity contribution in [2.24, 2.45) is 0 Å². The maximum Gasteiger partial charge on any atom is 0.253 e. The second-order valence-corrected chi connectivity index (χ2v) is 9.33. The maximum atomic E-state index is 13.1. The summed E-state index contributed by atoms with van der Waals surface area (Å²) in [5.41, 5.74) is 1.97. The zero-order valence-electron chi connectivity index (χ0n) is 15.2. The third-order valence-electron chi connectivity index (χ3n) is 6.82. The summed E-state index contributed by atoms with van der Waals surface area (Å²) in [4.78, 5) is 15.8. The summed E-state index contributed by atoms with van der Waals surface area (Å²) in [5.74, 6) is -0.141. The molecule has 4 unspecified atom stereocenters. The summed E-state index contributed by atoms with van der Waals surface area (Å²) in [5, 5.41) is 4.24. The van der Waals surface area contributed by atoms with E-state index in [1.807, 2.05) is 18.2 Å². The van der Waals surface area contributed by atoms with E-state index in [4.69, 9.17) is 23.2 Å². The number of halogens is 2. The van der Waals surface area contributed by atoms with E-state index in [1.54, 1.807) is 18.2 Å². The van der Waals surface area contributed by atoms with Crippen molar-refractivity contribution in [2.45, 2.75) is 55.8 Å². The fraction of sp³-hybridized carbons (Fsp3) is 0.409. The standard InChI is InChI=1S/C22H22Cl2N2O/c1-21-12-16-9-10-22(13-21,26(16)21)19(14-5-3-2-4-6-14)25-20(27)17-8-7-15(23)11-18(17)24/h2-8,11,16,19H,9-10,12-13H2,1H3,(H,25,27). The maximum absolute atomic E-state index is 13.1. The van der Waals surface area contributed by atoms with Crippen molar-refractivity contribution in [3.63, 3.8) is 0 Å². The van der Waals surface area contributed by atoms with E-state index in [1.165, 1.54) is 12.8 Å². The Bertz CT molecular complexity index is 918. The van der Waals surface area contributed by atoms with Gasteiger partial charge < -0.3 is 5.32 Å². The van der Waals surface area contributed by atoms with E-state index in [0.29, 0.717) is 27.2 Å². The van der Waals surface area contributed by atoms with E-state index in [2.05, 4.69) is 29.3 Å². The van der Waals surface area contributed by atoms with Gasteiger partial charge in [-0.3, -0.25) is 9.69 Å². The van der Waals surface area contributed by atoms with Crippen LogP contribution in [-0.2, 0) is 0 Å². The van der Waals surface area contributed by atoms with Crippen LogP contribution in [0.5, 0.6) is 0 Å². The molecule has 0 aromatic heterocycles. The Labute approximate surface area is 169 Å². The molecule has 3 saturated heterocycles. The summed E-state index contributed by atoms with van der Waals surface area (Å²) >= 11 is 12.3. The van der Waals surface area contributed by atoms with Crippen molar-refractivity contribution < 1.29 is 4.79 Å². The Hall–Kier alpha value is -1.55. The van der Waals surface area contributed by atoms with Crippen LogP contribution in [0.25, 0.3) is 0 Å². The van der Waals surface area contributed by atoms with Crippen molar-refractivity contribution in [2.75, 3.05) is 0 Å². The van der Waals surface area contributed by atoms with Crippen molar-refractivity contribution in [1.29, 1.82) is 0 Å². The number of nitrogens with zero attached hydrogens (tertiary/aromatic N) is 1. The Morgan fingerprint density at radius 3 is 2.70 bits per heavy atom. The Balaban J connectivity index is 1.50. The Kier molecular flexibility index (Phi) is 3.88. The molecule has 3 heterocycles. The fourth-order valence-electron chi connectivity index (χ4n) is 6.04. The lowest BCUT2D eigenvalue weighted by molar-refractivity contribution is -0.219. The fourth-order valence-corrected chi connectivity index (χ4v) is 6.53. The van der Waals surface area contributed by atoms with Gasteiger partial charge in [-0.2, -0.15) is 0 Å². The summed E-state index contributed by atoms with van der Waals surface area (Å²) in [6.45, 7) is 2.35. The molecule has 1 amide bonds. The molecule has 5 heteroatoms. The first-order valence-electron chi connectivity index (χ1n) is 9.53. The van der Waals surface area contributed by atoms with Crippen molar-refractivity contribution in [1.82, 2.24) is 10.2 Å². The molecule has 5 rings (SSSR count). The molecule has 3 fully saturated rings. The molecule has 3 nitrogen and oxygen atoms in total. The number of nitrogens with one attached hydrogen (secondary N) is 1. The normalized spacial score (nSPS) is 32.2. The number of benzene rings is 2. The molecule has 1 N–H and O–H groups in total. The number of carbonyl (C=O) groups is 1. The lowest BCUT2D eigenvalue weighted by Crippen LogP contribution is -2.81. The van der Waals surface area contributed by atoms with Gasteiger partial charge in [-0.05, 0) is 56.4 Å². The highest BCUT2D eigenvalue weighted by Gasteiger charge is 2.73. The molecule has 3 aliphatic heterocycles. The van der Waals surface area contributed by atoms with Crippen LogP contribution in [-0.4, -0.2) is 27.9 Å². The summed E-state index contributed by atoms with van der Waals surface area (Å²) in [6.07, 6.45) is 4.76. The van der Waals surface area contributed by atoms with Crippen LogP contribution >= 0.6 is 23.2 Å². The lowest BCUT2D eigenvalue weighted by atomic mass is 9.59. The highest BCUT2D eigenvalue weighted by molar-refractivity contribution is 6.36. The molecule has 0 bridgehead atoms. The average Bonchev–Trinajstić information content (AvgIpc) is 2.77. The molecule has 3 aliphatic rings. The summed E-state index contributed by atoms with van der Waals surface area (Å²) < 4.78 is 0. The first-order valence-corrected chi connectivity index (χ1v) is 10.3. The molecular formula is C22H22Cl2N2O. The zero-order valence-corrected chi connectivity index (χ0v) is 16.7. The topological polar surface area (TPSA) is 32.3 Å². The van der Waals surface area contributed by atoms with Gasteiger partial charge in [0.15, 0.2) is 0 Å². The number of rotatable bonds is 4. The van der Waals surface area contributed by atoms with Crippen LogP contribution in [0.3, 0.4) is 0 Å². The van der Waals surface area contributed by atoms with Crippen LogP contribution in [0.2, 0.25) is 10.0 Å². The molecule has 27 heavy (non-hydrogen) atoms. The third kappa shape index (κ3) is 2.48. The van der Waals surface area contributed by atoms with Gasteiger partial charge in [0.05, 0.1) is 16.6 Å². The average molecular weight is 401 g/mol. The highest BCUT2D eigenvalue weighted by atomic mass is 35.5. The predicted octanol–water partition coefficient (Wildman–Crippen LogP) is 5.23. The van der Waals surface area contributed by atoms with E-state index < -0.39 is 0 Å². The van der Waals surface area contributed by atoms with Gasteiger partial charge >= 0.3 is 0 Å². The monoisotopic (exact) mass is 400 g/mol. The number of amides is 1. The van der Waals surface area contributed by atoms with Crippen LogP contribution in [0, 0.1) is 0 Å². The first-order chi connectivity index (χ1) is 12.9. The van der Waals surface area contributed by atoms with Crippen LogP contribution < -0.4 is 5.32 Å². The minimum absolute atomic E-state index is 0.0214. The number of hydrogen-bond acceptors (Lipinski definition) is 2. The van der Waals surface area contributed by atoms with E-state index in [0.717, 1.165) is 18.4 Å². The minimum atomic E-state index is -0.141. The number of piperidine rings is 1. The predicted molar refractivity (Wildman–Crippen MR) is 108 cm³/mol. The first kappa shape index (κ1) is 17.5. The minimum Gasteiger partial charge on any atom is -0.343 e. The second-order valence-electron chi connectivity index (χ2n) is 8.49. The van der Waals surface area contributed by atoms with E-state index in [9.17, 15) is 4.79 Å². The van der Waals surface area contributed by atoms with Gasteiger partial charge in [-0.1, -0.05) is 53.5 Å². The van der Waals surface area contributed by atoms with Crippen LogP contribution in [0.1, 0.15) is 54.6 Å². The van der Waals surface area contributed by atoms with Crippen LogP contribution in [0.15, 0.2) is 48.5 Å². The highest BCUT2D eigenvalue weighted by Crippen LogP contribution is 2.67. The summed E-state index contributed by atoms with van der Waals surface area (Å²) in [7, 11) is 0. The van der Waals surface area contributed by atoms with Gasteiger partial charge in [0.1, 0.15) is 0 Å². The van der Waals surface area contributed by atoms with Gasteiger partial charge in [0.2, 0.25) is 0 Å². The Morgan fingerprint density at radius 2 is 2.00 bits per heavy atom. The molecule has 0 radical (unpaired) electrons. The van der Waals surface area contributed by atoms with Crippen molar-refractivity contribution in [3.8, 4) is 0 Å². The molecular weight excluding hydrogens is 379 g/mol. The van der Waals surface area contributed by atoms with Gasteiger partial charge in [0, 0.05) is 22.1 Å². The van der Waals surface area contributed by atoms with Gasteiger partial charge in [-0.15, -0.1) is 0 Å². The number of hydrogen-bond donors (Lipinski definition) is 1. The largest absolute Gasteiger partial charge is 0.343 e. The smallest absolute Gasteiger partial charge is 0.253 e. The molecule has 0 aliphatic carbocycles. The van der Waals surface area contributed by atoms with Gasteiger partial charge in [-0.25, -0.2) is 0 Å². The van der Waals surface area contributed by atoms with E-state index >= 15 is 0 Å². The number of carbonyl (C=O) groups excluding carboxylic acids is 1. The summed E-state index contributed by atoms with van der Waals surface area (Å²) in [6, 6.07) is 16.0. The molecule has 4 atom stereocenters. The molecule has 2 aromatic rings. The Morgan fingerprint density at radius 1 is 1.22 bits per heavy atom.